The maximum absolute atomic E-state index is 2.44. The molecule has 0 saturated carbocycles. The molecule has 290 valence electrons. The molecule has 10 aromatic rings. The fourth-order valence-electron chi connectivity index (χ4n) is 10.6. The van der Waals surface area contributed by atoms with Crippen molar-refractivity contribution in [3.63, 3.8) is 0 Å². The highest BCUT2D eigenvalue weighted by Crippen LogP contribution is 2.63. The molecular formula is C58H44N2Si. The van der Waals surface area contributed by atoms with Crippen LogP contribution in [0.15, 0.2) is 212 Å². The number of rotatable bonds is 6. The number of para-hydroxylation sites is 2. The van der Waals surface area contributed by atoms with Crippen molar-refractivity contribution >= 4 is 52.1 Å². The second kappa shape index (κ2) is 13.4. The number of anilines is 3. The van der Waals surface area contributed by atoms with E-state index in [-0.39, 0.29) is 5.41 Å². The van der Waals surface area contributed by atoms with Crippen LogP contribution in [0.25, 0.3) is 60.9 Å². The van der Waals surface area contributed by atoms with E-state index in [0.717, 1.165) is 17.1 Å². The molecule has 0 radical (unpaired) electrons. The van der Waals surface area contributed by atoms with Crippen LogP contribution < -0.4 is 10.1 Å². The number of hydrogen-bond acceptors (Lipinski definition) is 1. The average Bonchev–Trinajstić information content (AvgIpc) is 3.91. The number of fused-ring (bicyclic) bond motifs is 13. The van der Waals surface area contributed by atoms with Crippen molar-refractivity contribution in [1.29, 1.82) is 0 Å². The van der Waals surface area contributed by atoms with Gasteiger partial charge in [-0.1, -0.05) is 176 Å². The third-order valence-corrected chi connectivity index (χ3v) is 15.4. The Labute approximate surface area is 358 Å². The summed E-state index contributed by atoms with van der Waals surface area (Å²) in [5.41, 5.74) is 19.9. The van der Waals surface area contributed by atoms with E-state index >= 15 is 0 Å². The minimum absolute atomic E-state index is 0.334. The summed E-state index contributed by atoms with van der Waals surface area (Å²) < 4.78 is 2.41. The smallest absolute Gasteiger partial charge is 0.0776 e. The molecule has 0 fully saturated rings. The van der Waals surface area contributed by atoms with E-state index in [4.69, 9.17) is 0 Å². The van der Waals surface area contributed by atoms with Crippen LogP contribution in [0.4, 0.5) is 17.1 Å². The lowest BCUT2D eigenvalue weighted by Crippen LogP contribution is -2.37. The van der Waals surface area contributed by atoms with Crippen LogP contribution in [0.1, 0.15) is 22.3 Å². The molecule has 0 amide bonds. The third kappa shape index (κ3) is 5.27. The normalized spacial score (nSPS) is 13.3. The number of benzene rings is 9. The molecule has 1 heterocycles. The monoisotopic (exact) mass is 796 g/mol. The van der Waals surface area contributed by atoms with Gasteiger partial charge >= 0.3 is 0 Å². The summed E-state index contributed by atoms with van der Waals surface area (Å²) in [6.07, 6.45) is 0. The van der Waals surface area contributed by atoms with E-state index in [1.54, 1.807) is 0 Å². The lowest BCUT2D eigenvalue weighted by atomic mass is 9.70. The lowest BCUT2D eigenvalue weighted by molar-refractivity contribution is 0.794. The predicted molar refractivity (Wildman–Crippen MR) is 260 cm³/mol. The fraction of sp³-hybridized carbons (Fsp3) is 0.0690. The number of nitrogens with zero attached hydrogens (tertiary/aromatic N) is 2. The van der Waals surface area contributed by atoms with E-state index in [0.29, 0.717) is 0 Å². The van der Waals surface area contributed by atoms with Crippen molar-refractivity contribution in [2.75, 3.05) is 4.90 Å². The molecule has 2 aliphatic rings. The molecule has 9 aromatic carbocycles. The minimum atomic E-state index is -1.60. The van der Waals surface area contributed by atoms with Gasteiger partial charge in [0.2, 0.25) is 0 Å². The summed E-state index contributed by atoms with van der Waals surface area (Å²) in [5.74, 6) is 0. The highest BCUT2D eigenvalue weighted by molar-refractivity contribution is 6.88. The molecule has 0 unspecified atom stereocenters. The minimum Gasteiger partial charge on any atom is -0.310 e. The standard InChI is InChI=1S/C58H44N2Si/c1-61(2,3)45-19-15-18-43(37-45)59(44-33-34-50-49-23-10-14-27-56(49)60(57(50)38-44)41-16-5-4-6-17-41)42-31-28-39(29-32-42)40-30-35-55-51(36-40)48-22-9-13-26-54(48)58(55)52-24-11-7-20-46(52)47-21-8-12-25-53(47)58/h4-38H,1-3H3. The Bertz CT molecular complexity index is 3300. The van der Waals surface area contributed by atoms with E-state index in [9.17, 15) is 0 Å². The van der Waals surface area contributed by atoms with E-state index in [2.05, 4.69) is 241 Å². The zero-order chi connectivity index (χ0) is 40.9. The quantitative estimate of drug-likeness (QED) is 0.152. The van der Waals surface area contributed by atoms with Gasteiger partial charge in [-0.15, -0.1) is 0 Å². The maximum atomic E-state index is 2.44. The van der Waals surface area contributed by atoms with Gasteiger partial charge in [0, 0.05) is 33.5 Å². The SMILES string of the molecule is C[Si](C)(C)c1cccc(N(c2ccc(-c3ccc4c(c3)-c3ccccc3C43c4ccccc4-c4ccccc43)cc2)c2ccc3c4ccccc4n(-c4ccccc4)c3c2)c1. The molecule has 2 aliphatic carbocycles. The van der Waals surface area contributed by atoms with Gasteiger partial charge in [-0.3, -0.25) is 0 Å². The molecule has 12 rings (SSSR count). The Hall–Kier alpha value is -7.20. The van der Waals surface area contributed by atoms with Crippen LogP contribution in [0, 0.1) is 0 Å². The summed E-state index contributed by atoms with van der Waals surface area (Å²) >= 11 is 0. The van der Waals surface area contributed by atoms with Crippen LogP contribution in [0.3, 0.4) is 0 Å². The molecule has 2 nitrogen and oxygen atoms in total. The maximum Gasteiger partial charge on any atom is 0.0776 e. The molecular weight excluding hydrogens is 753 g/mol. The first-order valence-electron chi connectivity index (χ1n) is 21.4. The molecule has 3 heteroatoms. The molecule has 1 spiro atoms. The second-order valence-corrected chi connectivity index (χ2v) is 22.8. The Morgan fingerprint density at radius 1 is 0.377 bits per heavy atom. The summed E-state index contributed by atoms with van der Waals surface area (Å²) in [6.45, 7) is 7.28. The van der Waals surface area contributed by atoms with Crippen molar-refractivity contribution < 1.29 is 0 Å². The molecule has 0 aliphatic heterocycles. The number of hydrogen-bond donors (Lipinski definition) is 0. The van der Waals surface area contributed by atoms with E-state index < -0.39 is 8.07 Å². The summed E-state index contributed by atoms with van der Waals surface area (Å²) in [6, 6.07) is 79.3. The van der Waals surface area contributed by atoms with Crippen molar-refractivity contribution in [3.05, 3.63) is 235 Å². The lowest BCUT2D eigenvalue weighted by Gasteiger charge is -2.30. The van der Waals surface area contributed by atoms with Gasteiger partial charge in [0.1, 0.15) is 0 Å². The van der Waals surface area contributed by atoms with E-state index in [1.807, 2.05) is 0 Å². The summed E-state index contributed by atoms with van der Waals surface area (Å²) in [5, 5.41) is 3.95. The van der Waals surface area contributed by atoms with Crippen molar-refractivity contribution in [3.8, 4) is 39.1 Å². The zero-order valence-corrected chi connectivity index (χ0v) is 35.6. The average molecular weight is 797 g/mol. The van der Waals surface area contributed by atoms with Crippen LogP contribution in [-0.2, 0) is 5.41 Å². The molecule has 0 atom stereocenters. The van der Waals surface area contributed by atoms with Crippen molar-refractivity contribution in [2.24, 2.45) is 0 Å². The topological polar surface area (TPSA) is 8.17 Å². The van der Waals surface area contributed by atoms with Gasteiger partial charge in [0.05, 0.1) is 24.5 Å². The van der Waals surface area contributed by atoms with Gasteiger partial charge in [-0.05, 0) is 116 Å². The highest BCUT2D eigenvalue weighted by Gasteiger charge is 2.51. The van der Waals surface area contributed by atoms with Gasteiger partial charge in [-0.2, -0.15) is 0 Å². The molecule has 0 saturated heterocycles. The van der Waals surface area contributed by atoms with Crippen LogP contribution in [0.2, 0.25) is 19.6 Å². The van der Waals surface area contributed by atoms with Crippen LogP contribution in [0.5, 0.6) is 0 Å². The van der Waals surface area contributed by atoms with Crippen molar-refractivity contribution in [2.45, 2.75) is 25.1 Å². The van der Waals surface area contributed by atoms with Gasteiger partial charge < -0.3 is 9.47 Å². The van der Waals surface area contributed by atoms with Crippen molar-refractivity contribution in [1.82, 2.24) is 4.57 Å². The van der Waals surface area contributed by atoms with Gasteiger partial charge in [0.25, 0.3) is 0 Å². The Balaban J connectivity index is 1.000. The first kappa shape index (κ1) is 35.7. The Morgan fingerprint density at radius 3 is 1.61 bits per heavy atom. The molecule has 0 bridgehead atoms. The molecule has 0 N–H and O–H groups in total. The summed E-state index contributed by atoms with van der Waals surface area (Å²) in [4.78, 5) is 2.44. The largest absolute Gasteiger partial charge is 0.310 e. The third-order valence-electron chi connectivity index (χ3n) is 13.4. The molecule has 61 heavy (non-hydrogen) atoms. The highest BCUT2D eigenvalue weighted by atomic mass is 28.3. The van der Waals surface area contributed by atoms with Gasteiger partial charge in [0.15, 0.2) is 0 Å². The fourth-order valence-corrected chi connectivity index (χ4v) is 11.8. The van der Waals surface area contributed by atoms with Crippen LogP contribution >= 0.6 is 0 Å². The number of aromatic nitrogens is 1. The summed E-state index contributed by atoms with van der Waals surface area (Å²) in [7, 11) is -1.60. The first-order valence-corrected chi connectivity index (χ1v) is 24.9. The van der Waals surface area contributed by atoms with Crippen LogP contribution in [-0.4, -0.2) is 12.6 Å². The zero-order valence-electron chi connectivity index (χ0n) is 34.6. The predicted octanol–water partition coefficient (Wildman–Crippen LogP) is 14.8. The Kier molecular flexibility index (Phi) is 7.85. The Morgan fingerprint density at radius 2 is 0.918 bits per heavy atom. The van der Waals surface area contributed by atoms with Gasteiger partial charge in [-0.25, -0.2) is 0 Å². The first-order chi connectivity index (χ1) is 29.9. The second-order valence-electron chi connectivity index (χ2n) is 17.7. The van der Waals surface area contributed by atoms with E-state index in [1.165, 1.54) is 88.3 Å². The molecule has 1 aromatic heterocycles.